The number of benzene rings is 1. The van der Waals surface area contributed by atoms with E-state index in [-0.39, 0.29) is 17.2 Å². The predicted molar refractivity (Wildman–Crippen MR) is 82.5 cm³/mol. The van der Waals surface area contributed by atoms with Crippen LogP contribution in [0.15, 0.2) is 18.2 Å². The second-order valence-electron chi connectivity index (χ2n) is 5.90. The summed E-state index contributed by atoms with van der Waals surface area (Å²) in [6.07, 6.45) is 2.39. The third-order valence-electron chi connectivity index (χ3n) is 3.45. The molecule has 3 nitrogen and oxygen atoms in total. The SMILES string of the molecule is CC(C)CNCC1CCC(COc2ccc(F)c(Cl)c2)O1. The Kier molecular flexibility index (Phi) is 6.27. The zero-order valence-electron chi connectivity index (χ0n) is 12.6. The van der Waals surface area contributed by atoms with E-state index in [1.165, 1.54) is 12.1 Å². The lowest BCUT2D eigenvalue weighted by atomic mass is 10.2. The maximum Gasteiger partial charge on any atom is 0.142 e. The maximum atomic E-state index is 13.0. The lowest BCUT2D eigenvalue weighted by Gasteiger charge is -2.16. The van der Waals surface area contributed by atoms with Gasteiger partial charge in [0, 0.05) is 12.6 Å². The third-order valence-corrected chi connectivity index (χ3v) is 3.74. The molecule has 1 aromatic rings. The molecular formula is C16H23ClFNO2. The first-order valence-corrected chi connectivity index (χ1v) is 7.86. The number of halogens is 2. The number of nitrogens with one attached hydrogen (secondary N) is 1. The molecule has 0 amide bonds. The van der Waals surface area contributed by atoms with Crippen molar-refractivity contribution >= 4 is 11.6 Å². The van der Waals surface area contributed by atoms with Crippen LogP contribution >= 0.6 is 11.6 Å². The van der Waals surface area contributed by atoms with Crippen LogP contribution in [0, 0.1) is 11.7 Å². The van der Waals surface area contributed by atoms with Crippen molar-refractivity contribution in [2.75, 3.05) is 19.7 Å². The van der Waals surface area contributed by atoms with E-state index in [1.807, 2.05) is 0 Å². The van der Waals surface area contributed by atoms with Crippen LogP contribution in [0.1, 0.15) is 26.7 Å². The molecule has 1 aliphatic rings. The molecule has 0 spiro atoms. The highest BCUT2D eigenvalue weighted by Gasteiger charge is 2.25. The smallest absolute Gasteiger partial charge is 0.142 e. The molecule has 5 heteroatoms. The van der Waals surface area contributed by atoms with Gasteiger partial charge in [-0.2, -0.15) is 0 Å². The second-order valence-corrected chi connectivity index (χ2v) is 6.30. The average Bonchev–Trinajstić information content (AvgIpc) is 2.88. The van der Waals surface area contributed by atoms with Crippen LogP contribution in [0.4, 0.5) is 4.39 Å². The summed E-state index contributed by atoms with van der Waals surface area (Å²) >= 11 is 5.72. The van der Waals surface area contributed by atoms with Gasteiger partial charge in [0.25, 0.3) is 0 Å². The lowest BCUT2D eigenvalue weighted by molar-refractivity contribution is 0.0184. The molecule has 1 aromatic carbocycles. The molecule has 0 aliphatic carbocycles. The maximum absolute atomic E-state index is 13.0. The second kappa shape index (κ2) is 7.97. The van der Waals surface area contributed by atoms with Crippen molar-refractivity contribution in [1.29, 1.82) is 0 Å². The summed E-state index contributed by atoms with van der Waals surface area (Å²) in [7, 11) is 0. The van der Waals surface area contributed by atoms with Crippen LogP contribution in [0.25, 0.3) is 0 Å². The molecule has 21 heavy (non-hydrogen) atoms. The summed E-state index contributed by atoms with van der Waals surface area (Å²) in [6, 6.07) is 4.39. The van der Waals surface area contributed by atoms with Gasteiger partial charge in [0.15, 0.2) is 0 Å². The van der Waals surface area contributed by atoms with Crippen LogP contribution in [0.5, 0.6) is 5.75 Å². The highest BCUT2D eigenvalue weighted by molar-refractivity contribution is 6.30. The first-order valence-electron chi connectivity index (χ1n) is 7.48. The van der Waals surface area contributed by atoms with E-state index < -0.39 is 5.82 Å². The highest BCUT2D eigenvalue weighted by atomic mass is 35.5. The zero-order valence-corrected chi connectivity index (χ0v) is 13.3. The highest BCUT2D eigenvalue weighted by Crippen LogP contribution is 2.23. The van der Waals surface area contributed by atoms with Crippen LogP contribution < -0.4 is 10.1 Å². The molecule has 1 saturated heterocycles. The molecule has 0 radical (unpaired) electrons. The van der Waals surface area contributed by atoms with Crippen molar-refractivity contribution in [3.63, 3.8) is 0 Å². The largest absolute Gasteiger partial charge is 0.491 e. The summed E-state index contributed by atoms with van der Waals surface area (Å²) in [6.45, 7) is 6.74. The Morgan fingerprint density at radius 1 is 1.38 bits per heavy atom. The minimum atomic E-state index is -0.433. The summed E-state index contributed by atoms with van der Waals surface area (Å²) < 4.78 is 24.6. The number of hydrogen-bond donors (Lipinski definition) is 1. The number of ether oxygens (including phenoxy) is 2. The quantitative estimate of drug-likeness (QED) is 0.833. The summed E-state index contributed by atoms with van der Waals surface area (Å²) in [5.74, 6) is 0.789. The summed E-state index contributed by atoms with van der Waals surface area (Å²) in [5, 5.41) is 3.49. The first-order chi connectivity index (χ1) is 10.0. The first kappa shape index (κ1) is 16.5. The Morgan fingerprint density at radius 3 is 2.86 bits per heavy atom. The molecule has 2 rings (SSSR count). The van der Waals surface area contributed by atoms with E-state index in [2.05, 4.69) is 19.2 Å². The van der Waals surface area contributed by atoms with Gasteiger partial charge in [-0.3, -0.25) is 0 Å². The Balaban J connectivity index is 1.69. The molecule has 0 bridgehead atoms. The molecule has 2 atom stereocenters. The molecule has 118 valence electrons. The van der Waals surface area contributed by atoms with Gasteiger partial charge in [0.2, 0.25) is 0 Å². The van der Waals surface area contributed by atoms with E-state index in [4.69, 9.17) is 21.1 Å². The van der Waals surface area contributed by atoms with E-state index in [0.29, 0.717) is 18.3 Å². The standard InChI is InChI=1S/C16H23ClFNO2/c1-11(2)8-19-9-13-3-4-14(21-13)10-20-12-5-6-16(18)15(17)7-12/h5-7,11,13-14,19H,3-4,8-10H2,1-2H3. The van der Waals surface area contributed by atoms with Gasteiger partial charge in [-0.1, -0.05) is 25.4 Å². The van der Waals surface area contributed by atoms with Gasteiger partial charge < -0.3 is 14.8 Å². The monoisotopic (exact) mass is 315 g/mol. The van der Waals surface area contributed by atoms with Crippen LogP contribution in [0.3, 0.4) is 0 Å². The molecule has 0 saturated carbocycles. The van der Waals surface area contributed by atoms with Crippen molar-refractivity contribution < 1.29 is 13.9 Å². The number of hydrogen-bond acceptors (Lipinski definition) is 3. The third kappa shape index (κ3) is 5.46. The van der Waals surface area contributed by atoms with Gasteiger partial charge in [0.05, 0.1) is 17.2 Å². The molecule has 1 fully saturated rings. The molecular weight excluding hydrogens is 293 g/mol. The van der Waals surface area contributed by atoms with Gasteiger partial charge in [-0.25, -0.2) is 4.39 Å². The van der Waals surface area contributed by atoms with Crippen molar-refractivity contribution in [1.82, 2.24) is 5.32 Å². The van der Waals surface area contributed by atoms with Crippen LogP contribution in [-0.2, 0) is 4.74 Å². The Labute approximate surface area is 130 Å². The number of rotatable bonds is 7. The predicted octanol–water partition coefficient (Wildman–Crippen LogP) is 3.65. The van der Waals surface area contributed by atoms with Gasteiger partial charge in [-0.15, -0.1) is 0 Å². The Hall–Kier alpha value is -0.840. The van der Waals surface area contributed by atoms with Crippen LogP contribution in [-0.4, -0.2) is 31.9 Å². The fourth-order valence-electron chi connectivity index (χ4n) is 2.34. The molecule has 0 aromatic heterocycles. The van der Waals surface area contributed by atoms with Crippen molar-refractivity contribution in [2.45, 2.75) is 38.9 Å². The van der Waals surface area contributed by atoms with Crippen molar-refractivity contribution in [2.24, 2.45) is 5.92 Å². The lowest BCUT2D eigenvalue weighted by Crippen LogP contribution is -2.30. The molecule has 1 aliphatic heterocycles. The fraction of sp³-hybridized carbons (Fsp3) is 0.625. The normalized spacial score (nSPS) is 22.0. The fourth-order valence-corrected chi connectivity index (χ4v) is 2.51. The Bertz CT molecular complexity index is 456. The minimum absolute atomic E-state index is 0.0793. The summed E-state index contributed by atoms with van der Waals surface area (Å²) in [5.41, 5.74) is 0. The minimum Gasteiger partial charge on any atom is -0.491 e. The van der Waals surface area contributed by atoms with Crippen molar-refractivity contribution in [3.8, 4) is 5.75 Å². The van der Waals surface area contributed by atoms with E-state index in [0.717, 1.165) is 25.9 Å². The zero-order chi connectivity index (χ0) is 15.2. The molecule has 1 N–H and O–H groups in total. The average molecular weight is 316 g/mol. The van der Waals surface area contributed by atoms with Crippen LogP contribution in [0.2, 0.25) is 5.02 Å². The summed E-state index contributed by atoms with van der Waals surface area (Å²) in [4.78, 5) is 0. The van der Waals surface area contributed by atoms with E-state index >= 15 is 0 Å². The van der Waals surface area contributed by atoms with Gasteiger partial charge in [0.1, 0.15) is 18.2 Å². The topological polar surface area (TPSA) is 30.5 Å². The van der Waals surface area contributed by atoms with Crippen molar-refractivity contribution in [3.05, 3.63) is 29.0 Å². The van der Waals surface area contributed by atoms with Gasteiger partial charge >= 0.3 is 0 Å². The van der Waals surface area contributed by atoms with E-state index in [1.54, 1.807) is 6.07 Å². The van der Waals surface area contributed by atoms with E-state index in [9.17, 15) is 4.39 Å². The molecule has 2 unspecified atom stereocenters. The Morgan fingerprint density at radius 2 is 2.14 bits per heavy atom. The van der Waals surface area contributed by atoms with Gasteiger partial charge in [-0.05, 0) is 37.4 Å². The molecule has 1 heterocycles.